The first-order valence-electron chi connectivity index (χ1n) is 8.86. The number of para-hydroxylation sites is 1. The second-order valence-electron chi connectivity index (χ2n) is 6.31. The first-order chi connectivity index (χ1) is 13.1. The molecule has 0 saturated carbocycles. The van der Waals surface area contributed by atoms with Crippen molar-refractivity contribution < 1.29 is 14.3 Å². The summed E-state index contributed by atoms with van der Waals surface area (Å²) in [5.74, 6) is -1.96. The number of hydrogen-bond acceptors (Lipinski definition) is 5. The van der Waals surface area contributed by atoms with Crippen LogP contribution in [-0.4, -0.2) is 18.4 Å². The summed E-state index contributed by atoms with van der Waals surface area (Å²) in [5.41, 5.74) is 2.72. The molecule has 0 saturated heterocycles. The molecule has 2 atom stereocenters. The summed E-state index contributed by atoms with van der Waals surface area (Å²) in [7, 11) is 0. The second kappa shape index (κ2) is 8.33. The summed E-state index contributed by atoms with van der Waals surface area (Å²) < 4.78 is 5.14. The highest BCUT2D eigenvalue weighted by molar-refractivity contribution is 6.07. The van der Waals surface area contributed by atoms with Gasteiger partial charge in [0.25, 0.3) is 0 Å². The monoisotopic (exact) mass is 360 g/mol. The maximum absolute atomic E-state index is 12.8. The lowest BCUT2D eigenvalue weighted by atomic mass is 9.76. The molecule has 0 fully saturated rings. The molecule has 0 radical (unpaired) electrons. The largest absolute Gasteiger partial charge is 0.465 e. The number of ether oxygens (including phenoxy) is 1. The molecular weight excluding hydrogens is 340 g/mol. The number of rotatable bonds is 5. The van der Waals surface area contributed by atoms with Crippen LogP contribution in [-0.2, 0) is 14.3 Å². The molecule has 5 nitrogen and oxygen atoms in total. The molecule has 136 valence electrons. The van der Waals surface area contributed by atoms with E-state index in [9.17, 15) is 14.9 Å². The van der Waals surface area contributed by atoms with Gasteiger partial charge >= 0.3 is 5.97 Å². The van der Waals surface area contributed by atoms with E-state index in [-0.39, 0.29) is 18.3 Å². The highest BCUT2D eigenvalue weighted by Gasteiger charge is 2.39. The van der Waals surface area contributed by atoms with E-state index in [2.05, 4.69) is 11.4 Å². The number of nitriles is 1. The van der Waals surface area contributed by atoms with Crippen LogP contribution in [0.4, 0.5) is 5.69 Å². The molecule has 1 aliphatic rings. The molecule has 2 aromatic rings. The number of hydrogen-bond donors (Lipinski definition) is 1. The Morgan fingerprint density at radius 2 is 1.89 bits per heavy atom. The summed E-state index contributed by atoms with van der Waals surface area (Å²) in [6, 6.07) is 18.7. The maximum Gasteiger partial charge on any atom is 0.317 e. The van der Waals surface area contributed by atoms with Gasteiger partial charge in [0.15, 0.2) is 5.78 Å². The fraction of sp³-hybridized carbons (Fsp3) is 0.227. The summed E-state index contributed by atoms with van der Waals surface area (Å²) in [6.07, 6.45) is 1.92. The molecule has 0 heterocycles. The van der Waals surface area contributed by atoms with Crippen LogP contribution in [0.1, 0.15) is 30.4 Å². The molecule has 0 unspecified atom stereocenters. The Hall–Kier alpha value is -3.39. The van der Waals surface area contributed by atoms with Crippen LogP contribution in [0.3, 0.4) is 0 Å². The molecule has 1 aliphatic carbocycles. The number of ketones is 1. The van der Waals surface area contributed by atoms with E-state index < -0.39 is 11.9 Å². The van der Waals surface area contributed by atoms with E-state index in [1.807, 2.05) is 36.4 Å². The highest BCUT2D eigenvalue weighted by atomic mass is 16.5. The van der Waals surface area contributed by atoms with Crippen molar-refractivity contribution in [2.75, 3.05) is 11.9 Å². The SMILES string of the molecule is CCOC(=O)[C@H]1C(=O)C=C(Nc2ccccc2C#N)C[C@@H]1c1ccccc1. The number of carbonyl (C=O) groups excluding carboxylic acids is 2. The topological polar surface area (TPSA) is 79.2 Å². The first-order valence-corrected chi connectivity index (χ1v) is 8.86. The van der Waals surface area contributed by atoms with Gasteiger partial charge in [-0.1, -0.05) is 42.5 Å². The van der Waals surface area contributed by atoms with Gasteiger partial charge in [-0.25, -0.2) is 0 Å². The smallest absolute Gasteiger partial charge is 0.317 e. The second-order valence-corrected chi connectivity index (χ2v) is 6.31. The number of nitrogens with one attached hydrogen (secondary N) is 1. The molecule has 0 amide bonds. The van der Waals surface area contributed by atoms with Crippen molar-refractivity contribution in [1.29, 1.82) is 5.26 Å². The molecule has 0 aromatic heterocycles. The predicted octanol–water partition coefficient (Wildman–Crippen LogP) is 3.79. The average molecular weight is 360 g/mol. The fourth-order valence-electron chi connectivity index (χ4n) is 3.35. The summed E-state index contributed by atoms with van der Waals surface area (Å²) >= 11 is 0. The normalized spacial score (nSPS) is 19.0. The van der Waals surface area contributed by atoms with Crippen LogP contribution in [0.15, 0.2) is 66.4 Å². The van der Waals surface area contributed by atoms with Gasteiger partial charge in [-0.3, -0.25) is 9.59 Å². The van der Waals surface area contributed by atoms with Crippen molar-refractivity contribution in [3.63, 3.8) is 0 Å². The summed E-state index contributed by atoms with van der Waals surface area (Å²) in [6.45, 7) is 1.96. The predicted molar refractivity (Wildman–Crippen MR) is 102 cm³/mol. The van der Waals surface area contributed by atoms with Crippen LogP contribution in [0.5, 0.6) is 0 Å². The van der Waals surface area contributed by atoms with Crippen LogP contribution in [0.25, 0.3) is 0 Å². The number of nitrogens with zero attached hydrogens (tertiary/aromatic N) is 1. The van der Waals surface area contributed by atoms with Crippen molar-refractivity contribution in [3.05, 3.63) is 77.5 Å². The number of allylic oxidation sites excluding steroid dienone is 2. The van der Waals surface area contributed by atoms with E-state index in [0.717, 1.165) is 5.56 Å². The van der Waals surface area contributed by atoms with Crippen molar-refractivity contribution in [2.45, 2.75) is 19.3 Å². The van der Waals surface area contributed by atoms with E-state index >= 15 is 0 Å². The minimum atomic E-state index is -0.857. The Bertz CT molecular complexity index is 913. The van der Waals surface area contributed by atoms with Gasteiger partial charge in [0.2, 0.25) is 0 Å². The van der Waals surface area contributed by atoms with Gasteiger partial charge in [-0.15, -0.1) is 0 Å². The van der Waals surface area contributed by atoms with Gasteiger partial charge in [0.05, 0.1) is 17.9 Å². The third-order valence-electron chi connectivity index (χ3n) is 4.58. The number of esters is 1. The lowest BCUT2D eigenvalue weighted by Crippen LogP contribution is -2.35. The molecule has 5 heteroatoms. The van der Waals surface area contributed by atoms with Crippen molar-refractivity contribution in [3.8, 4) is 6.07 Å². The lowest BCUT2D eigenvalue weighted by Gasteiger charge is -2.29. The molecule has 0 spiro atoms. The zero-order valence-corrected chi connectivity index (χ0v) is 15.0. The van der Waals surface area contributed by atoms with E-state index in [1.165, 1.54) is 6.08 Å². The summed E-state index contributed by atoms with van der Waals surface area (Å²) in [5, 5.41) is 12.5. The molecule has 2 aromatic carbocycles. The van der Waals surface area contributed by atoms with Gasteiger partial charge in [-0.05, 0) is 31.0 Å². The Morgan fingerprint density at radius 3 is 2.59 bits per heavy atom. The Kier molecular flexibility index (Phi) is 5.68. The summed E-state index contributed by atoms with van der Waals surface area (Å²) in [4.78, 5) is 25.2. The van der Waals surface area contributed by atoms with Crippen LogP contribution in [0.2, 0.25) is 0 Å². The van der Waals surface area contributed by atoms with Crippen molar-refractivity contribution in [1.82, 2.24) is 0 Å². The lowest BCUT2D eigenvalue weighted by molar-refractivity contribution is -0.151. The van der Waals surface area contributed by atoms with Crippen LogP contribution < -0.4 is 5.32 Å². The molecule has 3 rings (SSSR count). The Labute approximate surface area is 158 Å². The van der Waals surface area contributed by atoms with Crippen LogP contribution in [0, 0.1) is 17.2 Å². The van der Waals surface area contributed by atoms with Gasteiger partial charge in [-0.2, -0.15) is 5.26 Å². The van der Waals surface area contributed by atoms with Crippen LogP contribution >= 0.6 is 0 Å². The van der Waals surface area contributed by atoms with E-state index in [0.29, 0.717) is 23.4 Å². The third kappa shape index (κ3) is 4.06. The number of benzene rings is 2. The zero-order chi connectivity index (χ0) is 19.2. The molecule has 1 N–H and O–H groups in total. The molecule has 27 heavy (non-hydrogen) atoms. The Morgan fingerprint density at radius 1 is 1.19 bits per heavy atom. The third-order valence-corrected chi connectivity index (χ3v) is 4.58. The first kappa shape index (κ1) is 18.4. The maximum atomic E-state index is 12.8. The van der Waals surface area contributed by atoms with Gasteiger partial charge in [0.1, 0.15) is 12.0 Å². The number of carbonyl (C=O) groups is 2. The standard InChI is InChI=1S/C22H20N2O3/c1-2-27-22(26)21-18(15-8-4-3-5-9-15)12-17(13-20(21)25)24-19-11-7-6-10-16(19)14-23/h3-11,13,18,21,24H,2,12H2,1H3/t18-,21-/m1/s1. The van der Waals surface area contributed by atoms with Gasteiger partial charge in [0, 0.05) is 17.7 Å². The highest BCUT2D eigenvalue weighted by Crippen LogP contribution is 2.37. The minimum absolute atomic E-state index is 0.231. The zero-order valence-electron chi connectivity index (χ0n) is 15.0. The van der Waals surface area contributed by atoms with Crippen molar-refractivity contribution in [2.24, 2.45) is 5.92 Å². The number of anilines is 1. The van der Waals surface area contributed by atoms with Crippen molar-refractivity contribution >= 4 is 17.4 Å². The average Bonchev–Trinajstić information content (AvgIpc) is 2.68. The van der Waals surface area contributed by atoms with E-state index in [1.54, 1.807) is 25.1 Å². The fourth-order valence-corrected chi connectivity index (χ4v) is 3.35. The molecule has 0 bridgehead atoms. The quantitative estimate of drug-likeness (QED) is 0.648. The molecule has 0 aliphatic heterocycles. The van der Waals surface area contributed by atoms with Gasteiger partial charge < -0.3 is 10.1 Å². The Balaban J connectivity index is 1.94. The van der Waals surface area contributed by atoms with E-state index in [4.69, 9.17) is 4.74 Å². The molecular formula is C22H20N2O3. The minimum Gasteiger partial charge on any atom is -0.465 e.